The molecule has 0 spiro atoms. The molecule has 2 fully saturated rings. The molecule has 3 heteroatoms. The van der Waals surface area contributed by atoms with Crippen molar-refractivity contribution in [2.24, 2.45) is 11.3 Å². The van der Waals surface area contributed by atoms with Gasteiger partial charge in [-0.05, 0) is 38.0 Å². The first kappa shape index (κ1) is 13.9. The number of rotatable bonds is 7. The number of nitrogens with one attached hydrogen (secondary N) is 2. The molecular formula is C15H28N2O. The molecule has 0 aromatic rings. The van der Waals surface area contributed by atoms with Crippen LogP contribution in [0.4, 0.5) is 0 Å². The molecule has 104 valence electrons. The van der Waals surface area contributed by atoms with Crippen molar-refractivity contribution in [3.05, 3.63) is 0 Å². The zero-order chi connectivity index (χ0) is 13.0. The molecule has 2 rings (SSSR count). The van der Waals surface area contributed by atoms with Gasteiger partial charge in [0.25, 0.3) is 0 Å². The van der Waals surface area contributed by atoms with E-state index in [9.17, 15) is 4.79 Å². The molecule has 0 unspecified atom stereocenters. The molecule has 0 saturated heterocycles. The van der Waals surface area contributed by atoms with Gasteiger partial charge in [0.1, 0.15) is 0 Å². The Hall–Kier alpha value is -0.570. The van der Waals surface area contributed by atoms with E-state index in [4.69, 9.17) is 0 Å². The van der Waals surface area contributed by atoms with Crippen LogP contribution in [0.1, 0.15) is 58.8 Å². The third kappa shape index (κ3) is 3.71. The van der Waals surface area contributed by atoms with E-state index in [1.54, 1.807) is 0 Å². The molecule has 2 aliphatic rings. The summed E-state index contributed by atoms with van der Waals surface area (Å²) in [5, 5.41) is 6.59. The van der Waals surface area contributed by atoms with Crippen LogP contribution in [-0.2, 0) is 4.79 Å². The Morgan fingerprint density at radius 1 is 1.22 bits per heavy atom. The van der Waals surface area contributed by atoms with Crippen molar-refractivity contribution in [2.75, 3.05) is 13.1 Å². The van der Waals surface area contributed by atoms with Crippen LogP contribution in [0.3, 0.4) is 0 Å². The normalized spacial score (nSPS) is 22.4. The standard InChI is InChI=1S/C15H28N2O/c1-12(2)11-15(7-3-4-8-15)14(18)17-10-9-16-13-5-6-13/h12-13,16H,3-11H2,1-2H3,(H,17,18). The summed E-state index contributed by atoms with van der Waals surface area (Å²) in [6.45, 7) is 6.16. The van der Waals surface area contributed by atoms with Crippen LogP contribution >= 0.6 is 0 Å². The molecule has 0 aliphatic heterocycles. The summed E-state index contributed by atoms with van der Waals surface area (Å²) < 4.78 is 0. The maximum atomic E-state index is 12.4. The van der Waals surface area contributed by atoms with E-state index >= 15 is 0 Å². The lowest BCUT2D eigenvalue weighted by atomic mass is 9.77. The molecular weight excluding hydrogens is 224 g/mol. The highest BCUT2D eigenvalue weighted by molar-refractivity contribution is 5.82. The quantitative estimate of drug-likeness (QED) is 0.683. The van der Waals surface area contributed by atoms with E-state index in [-0.39, 0.29) is 5.41 Å². The topological polar surface area (TPSA) is 41.1 Å². The van der Waals surface area contributed by atoms with Gasteiger partial charge in [0.15, 0.2) is 0 Å². The molecule has 18 heavy (non-hydrogen) atoms. The molecule has 0 atom stereocenters. The molecule has 0 aromatic heterocycles. The zero-order valence-electron chi connectivity index (χ0n) is 11.9. The van der Waals surface area contributed by atoms with Crippen LogP contribution in [0.5, 0.6) is 0 Å². The van der Waals surface area contributed by atoms with Gasteiger partial charge in [-0.3, -0.25) is 4.79 Å². The Kier molecular flexibility index (Phi) is 4.66. The average Bonchev–Trinajstić information content (AvgIpc) is 3.02. The molecule has 0 heterocycles. The van der Waals surface area contributed by atoms with Crippen molar-refractivity contribution in [3.8, 4) is 0 Å². The van der Waals surface area contributed by atoms with Crippen LogP contribution in [-0.4, -0.2) is 25.0 Å². The second-order valence-corrected chi connectivity index (χ2v) is 6.57. The Labute approximate surface area is 111 Å². The van der Waals surface area contributed by atoms with Crippen molar-refractivity contribution >= 4 is 5.91 Å². The summed E-state index contributed by atoms with van der Waals surface area (Å²) in [5.41, 5.74) is -0.0479. The summed E-state index contributed by atoms with van der Waals surface area (Å²) >= 11 is 0. The predicted octanol–water partition coefficient (Wildman–Crippen LogP) is 2.46. The van der Waals surface area contributed by atoms with Gasteiger partial charge in [-0.25, -0.2) is 0 Å². The SMILES string of the molecule is CC(C)CC1(C(=O)NCCNC2CC2)CCCC1. The van der Waals surface area contributed by atoms with Crippen molar-refractivity contribution in [3.63, 3.8) is 0 Å². The van der Waals surface area contributed by atoms with Gasteiger partial charge in [-0.2, -0.15) is 0 Å². The predicted molar refractivity (Wildman–Crippen MR) is 74.4 cm³/mol. The maximum Gasteiger partial charge on any atom is 0.226 e. The van der Waals surface area contributed by atoms with E-state index in [1.807, 2.05) is 0 Å². The largest absolute Gasteiger partial charge is 0.354 e. The summed E-state index contributed by atoms with van der Waals surface area (Å²) in [4.78, 5) is 12.4. The highest BCUT2D eigenvalue weighted by atomic mass is 16.2. The zero-order valence-corrected chi connectivity index (χ0v) is 11.9. The van der Waals surface area contributed by atoms with Crippen molar-refractivity contribution in [2.45, 2.75) is 64.8 Å². The van der Waals surface area contributed by atoms with Crippen LogP contribution in [0.15, 0.2) is 0 Å². The summed E-state index contributed by atoms with van der Waals surface area (Å²) in [5.74, 6) is 0.921. The summed E-state index contributed by atoms with van der Waals surface area (Å²) in [6.07, 6.45) is 8.30. The maximum absolute atomic E-state index is 12.4. The minimum atomic E-state index is -0.0479. The van der Waals surface area contributed by atoms with Crippen LogP contribution in [0.25, 0.3) is 0 Å². The van der Waals surface area contributed by atoms with Crippen molar-refractivity contribution in [1.29, 1.82) is 0 Å². The fourth-order valence-electron chi connectivity index (χ4n) is 3.28. The van der Waals surface area contributed by atoms with Gasteiger partial charge < -0.3 is 10.6 Å². The molecule has 2 aliphatic carbocycles. The van der Waals surface area contributed by atoms with Crippen molar-refractivity contribution < 1.29 is 4.79 Å². The Balaban J connectivity index is 1.75. The first-order valence-electron chi connectivity index (χ1n) is 7.64. The first-order chi connectivity index (χ1) is 8.62. The third-order valence-electron chi connectivity index (χ3n) is 4.26. The van der Waals surface area contributed by atoms with E-state index in [0.717, 1.165) is 38.4 Å². The Morgan fingerprint density at radius 2 is 1.89 bits per heavy atom. The molecule has 2 saturated carbocycles. The Bertz CT molecular complexity index is 278. The van der Waals surface area contributed by atoms with Crippen molar-refractivity contribution in [1.82, 2.24) is 10.6 Å². The van der Waals surface area contributed by atoms with Gasteiger partial charge in [0.05, 0.1) is 0 Å². The smallest absolute Gasteiger partial charge is 0.226 e. The highest BCUT2D eigenvalue weighted by Crippen LogP contribution is 2.43. The number of amides is 1. The third-order valence-corrected chi connectivity index (χ3v) is 4.26. The molecule has 0 aromatic carbocycles. The first-order valence-corrected chi connectivity index (χ1v) is 7.64. The number of hydrogen-bond acceptors (Lipinski definition) is 2. The average molecular weight is 252 g/mol. The molecule has 0 radical (unpaired) electrons. The van der Waals surface area contributed by atoms with E-state index in [2.05, 4.69) is 24.5 Å². The van der Waals surface area contributed by atoms with Gasteiger partial charge in [-0.15, -0.1) is 0 Å². The van der Waals surface area contributed by atoms with Gasteiger partial charge >= 0.3 is 0 Å². The minimum absolute atomic E-state index is 0.0479. The summed E-state index contributed by atoms with van der Waals surface area (Å²) in [6, 6.07) is 0.734. The Morgan fingerprint density at radius 3 is 2.44 bits per heavy atom. The fraction of sp³-hybridized carbons (Fsp3) is 0.933. The second-order valence-electron chi connectivity index (χ2n) is 6.57. The molecule has 1 amide bonds. The monoisotopic (exact) mass is 252 g/mol. The van der Waals surface area contributed by atoms with E-state index < -0.39 is 0 Å². The fourth-order valence-corrected chi connectivity index (χ4v) is 3.28. The lowest BCUT2D eigenvalue weighted by Gasteiger charge is -2.29. The number of carbonyl (C=O) groups is 1. The van der Waals surface area contributed by atoms with Crippen LogP contribution in [0, 0.1) is 11.3 Å². The van der Waals surface area contributed by atoms with Gasteiger partial charge in [0, 0.05) is 24.5 Å². The van der Waals surface area contributed by atoms with E-state index in [1.165, 1.54) is 25.7 Å². The lowest BCUT2D eigenvalue weighted by Crippen LogP contribution is -2.42. The van der Waals surface area contributed by atoms with Crippen LogP contribution in [0.2, 0.25) is 0 Å². The van der Waals surface area contributed by atoms with E-state index in [0.29, 0.717) is 11.8 Å². The van der Waals surface area contributed by atoms with Gasteiger partial charge in [0.2, 0.25) is 5.91 Å². The van der Waals surface area contributed by atoms with Gasteiger partial charge in [-0.1, -0.05) is 26.7 Å². The molecule has 3 nitrogen and oxygen atoms in total. The number of carbonyl (C=O) groups excluding carboxylic acids is 1. The minimum Gasteiger partial charge on any atom is -0.354 e. The van der Waals surface area contributed by atoms with Crippen LogP contribution < -0.4 is 10.6 Å². The number of hydrogen-bond donors (Lipinski definition) is 2. The highest BCUT2D eigenvalue weighted by Gasteiger charge is 2.40. The molecule has 2 N–H and O–H groups in total. The molecule has 0 bridgehead atoms. The second kappa shape index (κ2) is 6.05. The summed E-state index contributed by atoms with van der Waals surface area (Å²) in [7, 11) is 0. The lowest BCUT2D eigenvalue weighted by molar-refractivity contribution is -0.131.